The average molecular weight is 267 g/mol. The normalized spacial score (nSPS) is 39.5. The first kappa shape index (κ1) is 14.8. The number of esters is 1. The minimum absolute atomic E-state index is 0.0118. The minimum Gasteiger partial charge on any atom is -0.462 e. The highest BCUT2D eigenvalue weighted by molar-refractivity contribution is 5.73. The molecule has 2 rings (SSSR count). The van der Waals surface area contributed by atoms with Crippen LogP contribution in [0.5, 0.6) is 0 Å². The molecule has 0 aromatic rings. The van der Waals surface area contributed by atoms with Crippen LogP contribution in [-0.2, 0) is 9.53 Å². The van der Waals surface area contributed by atoms with E-state index in [9.17, 15) is 4.79 Å². The lowest BCUT2D eigenvalue weighted by Gasteiger charge is -2.37. The van der Waals surface area contributed by atoms with E-state index >= 15 is 0 Å². The molecule has 0 spiro atoms. The van der Waals surface area contributed by atoms with Crippen molar-refractivity contribution in [2.24, 2.45) is 29.4 Å². The maximum atomic E-state index is 12.3. The SMILES string of the molecule is CC1CCC(C(C)C)C(OC(=O)C2CCC(N)C2)C1. The quantitative estimate of drug-likeness (QED) is 0.799. The third-order valence-electron chi connectivity index (χ3n) is 5.04. The van der Waals surface area contributed by atoms with Gasteiger partial charge >= 0.3 is 5.97 Å². The first-order chi connectivity index (χ1) is 8.97. The van der Waals surface area contributed by atoms with Crippen LogP contribution in [0.2, 0.25) is 0 Å². The summed E-state index contributed by atoms with van der Waals surface area (Å²) in [6, 6.07) is 0.198. The maximum absolute atomic E-state index is 12.3. The molecular formula is C16H29NO2. The second-order valence-corrected chi connectivity index (χ2v) is 7.07. The molecule has 2 N–H and O–H groups in total. The van der Waals surface area contributed by atoms with E-state index in [1.807, 2.05) is 0 Å². The van der Waals surface area contributed by atoms with Crippen LogP contribution < -0.4 is 5.73 Å². The minimum atomic E-state index is 0.0118. The smallest absolute Gasteiger partial charge is 0.309 e. The van der Waals surface area contributed by atoms with Crippen LogP contribution in [0.25, 0.3) is 0 Å². The molecular weight excluding hydrogens is 238 g/mol. The van der Waals surface area contributed by atoms with Gasteiger partial charge in [-0.15, -0.1) is 0 Å². The molecule has 0 radical (unpaired) electrons. The van der Waals surface area contributed by atoms with Crippen LogP contribution in [0.1, 0.15) is 59.3 Å². The third-order valence-corrected chi connectivity index (χ3v) is 5.04. The van der Waals surface area contributed by atoms with Crippen LogP contribution in [0.3, 0.4) is 0 Å². The highest BCUT2D eigenvalue weighted by Gasteiger charge is 2.36. The highest BCUT2D eigenvalue weighted by Crippen LogP contribution is 2.36. The fraction of sp³-hybridized carbons (Fsp3) is 0.938. The molecule has 19 heavy (non-hydrogen) atoms. The Kier molecular flexibility index (Phi) is 4.88. The van der Waals surface area contributed by atoms with Gasteiger partial charge in [-0.2, -0.15) is 0 Å². The van der Waals surface area contributed by atoms with Gasteiger partial charge in [-0.1, -0.05) is 27.2 Å². The summed E-state index contributed by atoms with van der Waals surface area (Å²) in [5.74, 6) is 1.88. The van der Waals surface area contributed by atoms with Gasteiger partial charge in [0.15, 0.2) is 0 Å². The van der Waals surface area contributed by atoms with Gasteiger partial charge in [0.2, 0.25) is 0 Å². The predicted octanol–water partition coefficient (Wildman–Crippen LogP) is 3.12. The van der Waals surface area contributed by atoms with Crippen LogP contribution in [0.15, 0.2) is 0 Å². The van der Waals surface area contributed by atoms with E-state index in [1.165, 1.54) is 12.8 Å². The van der Waals surface area contributed by atoms with Gasteiger partial charge in [0.1, 0.15) is 6.10 Å². The van der Waals surface area contributed by atoms with E-state index < -0.39 is 0 Å². The molecule has 0 saturated heterocycles. The molecule has 2 fully saturated rings. The van der Waals surface area contributed by atoms with Gasteiger partial charge in [0, 0.05) is 6.04 Å². The molecule has 2 saturated carbocycles. The molecule has 110 valence electrons. The van der Waals surface area contributed by atoms with Gasteiger partial charge in [-0.3, -0.25) is 4.79 Å². The Labute approximate surface area is 117 Å². The number of nitrogens with two attached hydrogens (primary N) is 1. The van der Waals surface area contributed by atoms with Crippen LogP contribution in [0, 0.1) is 23.7 Å². The van der Waals surface area contributed by atoms with Crippen LogP contribution in [0.4, 0.5) is 0 Å². The van der Waals surface area contributed by atoms with Crippen LogP contribution in [-0.4, -0.2) is 18.1 Å². The van der Waals surface area contributed by atoms with Crippen molar-refractivity contribution in [1.29, 1.82) is 0 Å². The number of hydrogen-bond donors (Lipinski definition) is 1. The zero-order valence-electron chi connectivity index (χ0n) is 12.6. The molecule has 2 aliphatic rings. The number of carbonyl (C=O) groups is 1. The summed E-state index contributed by atoms with van der Waals surface area (Å²) in [4.78, 5) is 12.3. The summed E-state index contributed by atoms with van der Waals surface area (Å²) in [5, 5.41) is 0. The van der Waals surface area contributed by atoms with Crippen molar-refractivity contribution in [1.82, 2.24) is 0 Å². The summed E-state index contributed by atoms with van der Waals surface area (Å²) in [7, 11) is 0. The standard InChI is InChI=1S/C16H29NO2/c1-10(2)14-7-4-11(3)8-15(14)19-16(18)12-5-6-13(17)9-12/h10-15H,4-9,17H2,1-3H3. The van der Waals surface area contributed by atoms with E-state index in [4.69, 9.17) is 10.5 Å². The zero-order chi connectivity index (χ0) is 14.0. The Morgan fingerprint density at radius 1 is 1.16 bits per heavy atom. The number of hydrogen-bond acceptors (Lipinski definition) is 3. The molecule has 0 bridgehead atoms. The lowest BCUT2D eigenvalue weighted by atomic mass is 9.75. The molecule has 0 aromatic carbocycles. The van der Waals surface area contributed by atoms with E-state index in [-0.39, 0.29) is 24.0 Å². The van der Waals surface area contributed by atoms with Gasteiger partial charge < -0.3 is 10.5 Å². The van der Waals surface area contributed by atoms with E-state index in [0.717, 1.165) is 25.7 Å². The van der Waals surface area contributed by atoms with Gasteiger partial charge in [0.25, 0.3) is 0 Å². The Morgan fingerprint density at radius 2 is 1.89 bits per heavy atom. The predicted molar refractivity (Wildman–Crippen MR) is 76.5 cm³/mol. The maximum Gasteiger partial charge on any atom is 0.309 e. The van der Waals surface area contributed by atoms with Gasteiger partial charge in [-0.25, -0.2) is 0 Å². The molecule has 0 heterocycles. The van der Waals surface area contributed by atoms with Gasteiger partial charge in [0.05, 0.1) is 5.92 Å². The number of carbonyl (C=O) groups excluding carboxylic acids is 1. The summed E-state index contributed by atoms with van der Waals surface area (Å²) in [6.07, 6.45) is 6.32. The summed E-state index contributed by atoms with van der Waals surface area (Å²) >= 11 is 0. The van der Waals surface area contributed by atoms with Crippen molar-refractivity contribution < 1.29 is 9.53 Å². The van der Waals surface area contributed by atoms with Crippen LogP contribution >= 0.6 is 0 Å². The molecule has 0 aliphatic heterocycles. The second kappa shape index (κ2) is 6.25. The topological polar surface area (TPSA) is 52.3 Å². The van der Waals surface area contributed by atoms with Crippen molar-refractivity contribution in [3.8, 4) is 0 Å². The molecule has 3 heteroatoms. The number of rotatable bonds is 3. The van der Waals surface area contributed by atoms with Crippen molar-refractivity contribution in [2.75, 3.05) is 0 Å². The first-order valence-electron chi connectivity index (χ1n) is 7.93. The lowest BCUT2D eigenvalue weighted by molar-refractivity contribution is -0.160. The largest absolute Gasteiger partial charge is 0.462 e. The number of ether oxygens (including phenoxy) is 1. The van der Waals surface area contributed by atoms with Crippen molar-refractivity contribution >= 4 is 5.97 Å². The Balaban J connectivity index is 1.92. The Hall–Kier alpha value is -0.570. The summed E-state index contributed by atoms with van der Waals surface area (Å²) < 4.78 is 5.87. The summed E-state index contributed by atoms with van der Waals surface area (Å²) in [6.45, 7) is 6.75. The molecule has 3 nitrogen and oxygen atoms in total. The zero-order valence-corrected chi connectivity index (χ0v) is 12.6. The Morgan fingerprint density at radius 3 is 2.47 bits per heavy atom. The fourth-order valence-electron chi connectivity index (χ4n) is 3.73. The molecule has 0 amide bonds. The molecule has 5 atom stereocenters. The van der Waals surface area contributed by atoms with E-state index in [0.29, 0.717) is 17.8 Å². The van der Waals surface area contributed by atoms with E-state index in [1.54, 1.807) is 0 Å². The van der Waals surface area contributed by atoms with Crippen molar-refractivity contribution in [2.45, 2.75) is 71.4 Å². The first-order valence-corrected chi connectivity index (χ1v) is 7.93. The lowest BCUT2D eigenvalue weighted by Crippen LogP contribution is -2.37. The van der Waals surface area contributed by atoms with Crippen molar-refractivity contribution in [3.63, 3.8) is 0 Å². The molecule has 0 aromatic heterocycles. The second-order valence-electron chi connectivity index (χ2n) is 7.07. The monoisotopic (exact) mass is 267 g/mol. The molecule has 2 aliphatic carbocycles. The molecule has 5 unspecified atom stereocenters. The average Bonchev–Trinajstić information content (AvgIpc) is 2.75. The fourth-order valence-corrected chi connectivity index (χ4v) is 3.73. The van der Waals surface area contributed by atoms with Crippen molar-refractivity contribution in [3.05, 3.63) is 0 Å². The van der Waals surface area contributed by atoms with E-state index in [2.05, 4.69) is 20.8 Å². The highest BCUT2D eigenvalue weighted by atomic mass is 16.5. The summed E-state index contributed by atoms with van der Waals surface area (Å²) in [5.41, 5.74) is 5.89. The third kappa shape index (κ3) is 3.71. The Bertz CT molecular complexity index is 316. The van der Waals surface area contributed by atoms with Gasteiger partial charge in [-0.05, 0) is 49.9 Å².